The van der Waals surface area contributed by atoms with Gasteiger partial charge in [0.05, 0.1) is 52.9 Å². The van der Waals surface area contributed by atoms with Gasteiger partial charge >= 0.3 is 0 Å². The van der Waals surface area contributed by atoms with Crippen LogP contribution in [0.15, 0.2) is 108 Å². The SMILES string of the molecule is Cc1ncsc1-c1ccc(CNC(=O)[C@@H]2C[C@@H](O)CN2C(=O)C(NC(=O)CCCCCCCCCCC(=O)NCc2ccc(COCC(NC(=O)c3ccn(S(C)(=O)=O)c3)C(=O)Nc3nc(-c4ccccc4)cs3)cc2)C(C)(C)C)cc1. The summed E-state index contributed by atoms with van der Waals surface area (Å²) in [5, 5.41) is 27.1. The molecule has 6 aromatic rings. The van der Waals surface area contributed by atoms with Crippen molar-refractivity contribution in [3.8, 4) is 21.7 Å². The molecule has 0 aliphatic carbocycles. The average Bonchev–Trinajstić information content (AvgIpc) is 4.48. The van der Waals surface area contributed by atoms with Gasteiger partial charge in [-0.25, -0.2) is 18.4 Å². The van der Waals surface area contributed by atoms with Gasteiger partial charge in [-0.05, 0) is 53.5 Å². The number of rotatable bonds is 29. The van der Waals surface area contributed by atoms with Gasteiger partial charge in [0.25, 0.3) is 11.8 Å². The topological polar surface area (TPSA) is 260 Å². The number of anilines is 1. The maximum atomic E-state index is 14.0. The van der Waals surface area contributed by atoms with E-state index >= 15 is 0 Å². The Kier molecular flexibility index (Phi) is 22.7. The van der Waals surface area contributed by atoms with E-state index in [1.165, 1.54) is 34.7 Å². The molecule has 4 atom stereocenters. The van der Waals surface area contributed by atoms with E-state index < -0.39 is 51.5 Å². The molecule has 3 aromatic heterocycles. The molecule has 1 aliphatic heterocycles. The van der Waals surface area contributed by atoms with Gasteiger partial charge in [0.2, 0.25) is 33.7 Å². The fourth-order valence-electron chi connectivity index (χ4n) is 9.39. The molecule has 1 saturated heterocycles. The Morgan fingerprint density at radius 1 is 0.768 bits per heavy atom. The van der Waals surface area contributed by atoms with Gasteiger partial charge in [-0.1, -0.05) is 138 Å². The van der Waals surface area contributed by atoms with Crippen LogP contribution in [0.4, 0.5) is 5.13 Å². The van der Waals surface area contributed by atoms with Crippen LogP contribution in [-0.2, 0) is 58.4 Å². The molecule has 0 radical (unpaired) electrons. The number of unbranched alkanes of at least 4 members (excludes halogenated alkanes) is 7. The van der Waals surface area contributed by atoms with E-state index in [1.807, 2.05) is 117 Å². The number of ether oxygens (including phenoxy) is 1. The highest BCUT2D eigenvalue weighted by atomic mass is 32.2. The van der Waals surface area contributed by atoms with E-state index in [0.29, 0.717) is 30.2 Å². The molecule has 0 bridgehead atoms. The molecule has 7 rings (SSSR count). The highest BCUT2D eigenvalue weighted by molar-refractivity contribution is 7.89. The van der Waals surface area contributed by atoms with Gasteiger partial charge in [-0.2, -0.15) is 0 Å². The number of β-amino-alcohol motifs (C(OH)–C–C–N with tert-alkyl or cyclic N) is 1. The first-order valence-corrected chi connectivity index (χ1v) is 31.3. The molecule has 6 amide bonds. The maximum absolute atomic E-state index is 14.0. The minimum absolute atomic E-state index is 0.0109. The van der Waals surface area contributed by atoms with E-state index in [9.17, 15) is 42.3 Å². The van der Waals surface area contributed by atoms with Crippen LogP contribution < -0.4 is 26.6 Å². The van der Waals surface area contributed by atoms with Gasteiger partial charge in [0, 0.05) is 62.2 Å². The van der Waals surface area contributed by atoms with Crippen molar-refractivity contribution >= 4 is 73.3 Å². The van der Waals surface area contributed by atoms with Crippen LogP contribution in [0.1, 0.15) is 124 Å². The van der Waals surface area contributed by atoms with Crippen LogP contribution in [0.2, 0.25) is 0 Å². The fourth-order valence-corrected chi connectivity index (χ4v) is 11.5. The number of carbonyl (C=O) groups excluding carboxylic acids is 6. The summed E-state index contributed by atoms with van der Waals surface area (Å²) in [6.45, 7) is 8.15. The average molecular weight is 1180 g/mol. The highest BCUT2D eigenvalue weighted by Gasteiger charge is 2.44. The van der Waals surface area contributed by atoms with Crippen LogP contribution in [0, 0.1) is 12.3 Å². The molecule has 22 heteroatoms. The third-order valence-corrected chi connectivity index (χ3v) is 16.8. The van der Waals surface area contributed by atoms with Crippen LogP contribution in [0.3, 0.4) is 0 Å². The second-order valence-corrected chi connectivity index (χ2v) is 25.4. The van der Waals surface area contributed by atoms with Crippen molar-refractivity contribution in [1.29, 1.82) is 0 Å². The number of likely N-dealkylation sites (tertiary alicyclic amines) is 1. The first kappa shape index (κ1) is 62.5. The molecule has 4 heterocycles. The van der Waals surface area contributed by atoms with Crippen molar-refractivity contribution in [2.24, 2.45) is 5.41 Å². The molecule has 2 unspecified atom stereocenters. The van der Waals surface area contributed by atoms with Crippen LogP contribution in [-0.4, -0.2) is 111 Å². The molecular weight excluding hydrogens is 1100 g/mol. The third-order valence-electron chi connectivity index (χ3n) is 14.1. The minimum atomic E-state index is -3.62. The number of aliphatic hydroxyl groups is 1. The normalized spacial score (nSPS) is 15.1. The van der Waals surface area contributed by atoms with Crippen molar-refractivity contribution in [2.45, 2.75) is 142 Å². The maximum Gasteiger partial charge on any atom is 0.253 e. The summed E-state index contributed by atoms with van der Waals surface area (Å²) in [4.78, 5) is 91.5. The van der Waals surface area contributed by atoms with Crippen molar-refractivity contribution in [1.82, 2.24) is 40.1 Å². The number of aryl methyl sites for hydroxylation is 1. The molecule has 0 saturated carbocycles. The number of benzene rings is 3. The summed E-state index contributed by atoms with van der Waals surface area (Å²) in [5.74, 6) is -2.22. The number of hydrogen-bond donors (Lipinski definition) is 6. The Labute approximate surface area is 488 Å². The first-order valence-electron chi connectivity index (χ1n) is 27.7. The number of thiazole rings is 2. The van der Waals surface area contributed by atoms with E-state index in [4.69, 9.17) is 4.74 Å². The van der Waals surface area contributed by atoms with Gasteiger partial charge in [-0.3, -0.25) is 32.7 Å². The molecule has 1 fully saturated rings. The zero-order valence-corrected chi connectivity index (χ0v) is 49.6. The number of carbonyl (C=O) groups is 6. The second kappa shape index (κ2) is 29.7. The molecule has 6 N–H and O–H groups in total. The summed E-state index contributed by atoms with van der Waals surface area (Å²) < 4.78 is 30.8. The van der Waals surface area contributed by atoms with E-state index in [2.05, 4.69) is 36.6 Å². The molecule has 438 valence electrons. The number of hydrogen-bond acceptors (Lipinski definition) is 14. The predicted octanol–water partition coefficient (Wildman–Crippen LogP) is 8.13. The summed E-state index contributed by atoms with van der Waals surface area (Å²) in [6, 6.07) is 23.3. The minimum Gasteiger partial charge on any atom is -0.391 e. The van der Waals surface area contributed by atoms with Gasteiger partial charge < -0.3 is 41.3 Å². The first-order chi connectivity index (χ1) is 39.2. The summed E-state index contributed by atoms with van der Waals surface area (Å²) >= 11 is 2.81. The van der Waals surface area contributed by atoms with Crippen molar-refractivity contribution in [3.63, 3.8) is 0 Å². The lowest BCUT2D eigenvalue weighted by Gasteiger charge is -2.35. The molecule has 3 aromatic carbocycles. The monoisotopic (exact) mass is 1180 g/mol. The van der Waals surface area contributed by atoms with Gasteiger partial charge in [-0.15, -0.1) is 22.7 Å². The zero-order valence-electron chi connectivity index (χ0n) is 47.2. The Morgan fingerprint density at radius 3 is 2.01 bits per heavy atom. The predicted molar refractivity (Wildman–Crippen MR) is 318 cm³/mol. The van der Waals surface area contributed by atoms with Crippen molar-refractivity contribution in [3.05, 3.63) is 136 Å². The number of nitrogens with one attached hydrogen (secondary N) is 5. The largest absolute Gasteiger partial charge is 0.391 e. The Balaban J connectivity index is 0.749. The number of aliphatic hydroxyl groups excluding tert-OH is 1. The smallest absolute Gasteiger partial charge is 0.253 e. The van der Waals surface area contributed by atoms with Crippen LogP contribution in [0.25, 0.3) is 21.7 Å². The van der Waals surface area contributed by atoms with E-state index in [1.54, 1.807) is 11.3 Å². The zero-order chi connectivity index (χ0) is 58.8. The summed E-state index contributed by atoms with van der Waals surface area (Å²) in [7, 11) is -3.62. The molecule has 19 nitrogen and oxygen atoms in total. The van der Waals surface area contributed by atoms with E-state index in [-0.39, 0.29) is 68.3 Å². The molecular formula is C60H75N9O10S3. The quantitative estimate of drug-likeness (QED) is 0.0243. The van der Waals surface area contributed by atoms with Gasteiger partial charge in [0.15, 0.2) is 5.13 Å². The van der Waals surface area contributed by atoms with Gasteiger partial charge in [0.1, 0.15) is 18.1 Å². The van der Waals surface area contributed by atoms with Crippen molar-refractivity contribution < 1.29 is 47.0 Å². The second-order valence-electron chi connectivity index (χ2n) is 21.8. The summed E-state index contributed by atoms with van der Waals surface area (Å²) in [6.07, 6.45) is 10.6. The Morgan fingerprint density at radius 2 is 1.39 bits per heavy atom. The molecule has 1 aliphatic rings. The van der Waals surface area contributed by atoms with Crippen LogP contribution >= 0.6 is 22.7 Å². The number of amides is 6. The fraction of sp³-hybridized carbons (Fsp3) is 0.433. The Bertz CT molecular complexity index is 3210. The lowest BCUT2D eigenvalue weighted by atomic mass is 9.85. The lowest BCUT2D eigenvalue weighted by molar-refractivity contribution is -0.144. The number of nitrogens with zero attached hydrogens (tertiary/aromatic N) is 4. The van der Waals surface area contributed by atoms with Crippen LogP contribution in [0.5, 0.6) is 0 Å². The number of aromatic nitrogens is 3. The molecule has 82 heavy (non-hydrogen) atoms. The highest BCUT2D eigenvalue weighted by Crippen LogP contribution is 2.29. The van der Waals surface area contributed by atoms with E-state index in [0.717, 1.165) is 93.6 Å². The Hall–Kier alpha value is -7.11. The molecule has 0 spiro atoms. The van der Waals surface area contributed by atoms with Crippen molar-refractivity contribution in [2.75, 3.05) is 24.7 Å². The standard InChI is InChI=1S/C60H75N9O10S3/c1-40-53(81-39-63-40)45-27-25-42(26-28-45)33-62-57(75)50-31-47(70)35-69(50)58(76)54(60(2,3)4)66-52(72)20-16-11-9-7-6-8-10-15-19-51(71)61-32-41-21-23-43(24-22-41)36-79-37-48(64-55(73)46-29-30-68(34-46)82(5,77)78)56(74)67-59-65-49(38-80-59)44-17-13-12-14-18-44/h12-14,17-18,21-30,34,38-39,47-48,50,54,70H,6-11,15-16,19-20,31-33,35-37H2,1-5H3,(H,61,71)(H,62,75)(H,64,73)(H,66,72)(H,65,67,74)/t47-,48?,50+,54?/m1/s1. The lowest BCUT2D eigenvalue weighted by Crippen LogP contribution is -2.57. The third kappa shape index (κ3) is 18.7. The summed E-state index contributed by atoms with van der Waals surface area (Å²) in [5.41, 5.74) is 7.40.